The standard InChI is InChI=1S/C17H25FN2O/c1-12(2)10-19-7-8-20(4)11-17-13(3)15-9-14(18)5-6-16(15)21-17/h5-6,9,12,19H,7-8,10-11H2,1-4H3. The van der Waals surface area contributed by atoms with Crippen LogP contribution in [-0.2, 0) is 6.54 Å². The molecule has 21 heavy (non-hydrogen) atoms. The first-order valence-corrected chi connectivity index (χ1v) is 7.54. The molecule has 0 aliphatic rings. The van der Waals surface area contributed by atoms with Gasteiger partial charge in [0.05, 0.1) is 6.54 Å². The number of hydrogen-bond donors (Lipinski definition) is 1. The molecule has 0 amide bonds. The average molecular weight is 292 g/mol. The summed E-state index contributed by atoms with van der Waals surface area (Å²) in [5.41, 5.74) is 1.79. The van der Waals surface area contributed by atoms with Crippen molar-refractivity contribution in [2.45, 2.75) is 27.3 Å². The Morgan fingerprint density at radius 3 is 2.81 bits per heavy atom. The molecule has 0 bridgehead atoms. The third-order valence-electron chi connectivity index (χ3n) is 3.63. The monoisotopic (exact) mass is 292 g/mol. The molecule has 0 saturated carbocycles. The molecule has 1 N–H and O–H groups in total. The molecule has 3 nitrogen and oxygen atoms in total. The number of aryl methyl sites for hydroxylation is 1. The van der Waals surface area contributed by atoms with Crippen LogP contribution in [0.25, 0.3) is 11.0 Å². The van der Waals surface area contributed by atoms with Crippen LogP contribution in [0.4, 0.5) is 4.39 Å². The summed E-state index contributed by atoms with van der Waals surface area (Å²) in [5, 5.41) is 4.30. The van der Waals surface area contributed by atoms with E-state index in [4.69, 9.17) is 4.42 Å². The van der Waals surface area contributed by atoms with Crippen LogP contribution < -0.4 is 5.32 Å². The van der Waals surface area contributed by atoms with Gasteiger partial charge in [-0.15, -0.1) is 0 Å². The summed E-state index contributed by atoms with van der Waals surface area (Å²) in [6.07, 6.45) is 0. The van der Waals surface area contributed by atoms with Crippen molar-refractivity contribution < 1.29 is 8.81 Å². The maximum absolute atomic E-state index is 13.3. The second-order valence-corrected chi connectivity index (χ2v) is 6.13. The zero-order chi connectivity index (χ0) is 15.4. The number of hydrogen-bond acceptors (Lipinski definition) is 3. The maximum atomic E-state index is 13.3. The maximum Gasteiger partial charge on any atom is 0.134 e. The fourth-order valence-electron chi connectivity index (χ4n) is 2.38. The number of nitrogens with one attached hydrogen (secondary N) is 1. The van der Waals surface area contributed by atoms with Gasteiger partial charge in [0.1, 0.15) is 17.2 Å². The molecule has 116 valence electrons. The highest BCUT2D eigenvalue weighted by Crippen LogP contribution is 2.26. The van der Waals surface area contributed by atoms with Crippen LogP contribution in [0.1, 0.15) is 25.2 Å². The van der Waals surface area contributed by atoms with E-state index in [0.29, 0.717) is 5.92 Å². The Balaban J connectivity index is 1.94. The van der Waals surface area contributed by atoms with Crippen LogP contribution in [0.5, 0.6) is 0 Å². The molecule has 2 aromatic rings. The van der Waals surface area contributed by atoms with E-state index in [1.807, 2.05) is 6.92 Å². The topological polar surface area (TPSA) is 28.4 Å². The Labute approximate surface area is 126 Å². The van der Waals surface area contributed by atoms with Crippen LogP contribution in [0.2, 0.25) is 0 Å². The summed E-state index contributed by atoms with van der Waals surface area (Å²) >= 11 is 0. The SMILES string of the molecule is Cc1c(CN(C)CCNCC(C)C)oc2ccc(F)cc12. The highest BCUT2D eigenvalue weighted by atomic mass is 19.1. The second-order valence-electron chi connectivity index (χ2n) is 6.13. The Hall–Kier alpha value is -1.39. The summed E-state index contributed by atoms with van der Waals surface area (Å²) < 4.78 is 19.1. The second kappa shape index (κ2) is 7.05. The molecule has 1 aromatic heterocycles. The van der Waals surface area contributed by atoms with Crippen molar-refractivity contribution >= 4 is 11.0 Å². The summed E-state index contributed by atoms with van der Waals surface area (Å²) in [7, 11) is 2.07. The first-order valence-electron chi connectivity index (χ1n) is 7.54. The van der Waals surface area contributed by atoms with Gasteiger partial charge in [0.2, 0.25) is 0 Å². The minimum atomic E-state index is -0.218. The molecule has 0 aliphatic carbocycles. The van der Waals surface area contributed by atoms with Crippen molar-refractivity contribution in [3.05, 3.63) is 35.3 Å². The van der Waals surface area contributed by atoms with E-state index in [-0.39, 0.29) is 5.82 Å². The number of halogens is 1. The van der Waals surface area contributed by atoms with Crippen molar-refractivity contribution in [1.29, 1.82) is 0 Å². The first-order chi connectivity index (χ1) is 9.97. The van der Waals surface area contributed by atoms with Crippen molar-refractivity contribution in [2.24, 2.45) is 5.92 Å². The van der Waals surface area contributed by atoms with E-state index in [0.717, 1.165) is 48.5 Å². The highest BCUT2D eigenvalue weighted by molar-refractivity contribution is 5.82. The lowest BCUT2D eigenvalue weighted by molar-refractivity contribution is 0.295. The Morgan fingerprint density at radius 2 is 2.10 bits per heavy atom. The molecular formula is C17H25FN2O. The third-order valence-corrected chi connectivity index (χ3v) is 3.63. The van der Waals surface area contributed by atoms with Gasteiger partial charge in [0.25, 0.3) is 0 Å². The van der Waals surface area contributed by atoms with Crippen molar-refractivity contribution in [1.82, 2.24) is 10.2 Å². The lowest BCUT2D eigenvalue weighted by Crippen LogP contribution is -2.30. The third kappa shape index (κ3) is 4.29. The normalized spacial score (nSPS) is 12.0. The zero-order valence-electron chi connectivity index (χ0n) is 13.4. The van der Waals surface area contributed by atoms with Gasteiger partial charge >= 0.3 is 0 Å². The molecule has 4 heteroatoms. The van der Waals surface area contributed by atoms with Gasteiger partial charge in [-0.05, 0) is 50.2 Å². The van der Waals surface area contributed by atoms with Gasteiger partial charge < -0.3 is 9.73 Å². The molecule has 0 radical (unpaired) electrons. The highest BCUT2D eigenvalue weighted by Gasteiger charge is 2.12. The zero-order valence-corrected chi connectivity index (χ0v) is 13.4. The first kappa shape index (κ1) is 16.0. The Bertz CT molecular complexity index is 592. The molecule has 0 spiro atoms. The van der Waals surface area contributed by atoms with E-state index < -0.39 is 0 Å². The quantitative estimate of drug-likeness (QED) is 0.791. The number of rotatable bonds is 7. The van der Waals surface area contributed by atoms with Crippen LogP contribution in [0.15, 0.2) is 22.6 Å². The van der Waals surface area contributed by atoms with Crippen LogP contribution >= 0.6 is 0 Å². The molecule has 0 fully saturated rings. The lowest BCUT2D eigenvalue weighted by atomic mass is 10.1. The van der Waals surface area contributed by atoms with Crippen LogP contribution in [-0.4, -0.2) is 31.6 Å². The number of nitrogens with zero attached hydrogens (tertiary/aromatic N) is 1. The fourth-order valence-corrected chi connectivity index (χ4v) is 2.38. The molecule has 1 heterocycles. The van der Waals surface area contributed by atoms with Gasteiger partial charge in [-0.2, -0.15) is 0 Å². The van der Waals surface area contributed by atoms with E-state index >= 15 is 0 Å². The largest absolute Gasteiger partial charge is 0.459 e. The minimum absolute atomic E-state index is 0.218. The predicted molar refractivity (Wildman–Crippen MR) is 85.0 cm³/mol. The molecule has 0 aliphatic heterocycles. The molecule has 0 unspecified atom stereocenters. The van der Waals surface area contributed by atoms with E-state index in [9.17, 15) is 4.39 Å². The lowest BCUT2D eigenvalue weighted by Gasteiger charge is -2.16. The molecule has 2 rings (SSSR count). The minimum Gasteiger partial charge on any atom is -0.459 e. The molecule has 1 aromatic carbocycles. The number of benzene rings is 1. The summed E-state index contributed by atoms with van der Waals surface area (Å²) in [5.74, 6) is 1.37. The van der Waals surface area contributed by atoms with Gasteiger partial charge in [0, 0.05) is 18.5 Å². The van der Waals surface area contributed by atoms with Crippen molar-refractivity contribution in [3.8, 4) is 0 Å². The Morgan fingerprint density at radius 1 is 1.33 bits per heavy atom. The van der Waals surface area contributed by atoms with Crippen LogP contribution in [0.3, 0.4) is 0 Å². The molecule has 0 saturated heterocycles. The molecular weight excluding hydrogens is 267 g/mol. The van der Waals surface area contributed by atoms with Gasteiger partial charge in [-0.3, -0.25) is 4.90 Å². The van der Waals surface area contributed by atoms with Gasteiger partial charge in [0.15, 0.2) is 0 Å². The van der Waals surface area contributed by atoms with Crippen molar-refractivity contribution in [3.63, 3.8) is 0 Å². The number of furan rings is 1. The van der Waals surface area contributed by atoms with E-state index in [1.54, 1.807) is 12.1 Å². The van der Waals surface area contributed by atoms with E-state index in [2.05, 4.69) is 31.1 Å². The Kier molecular flexibility index (Phi) is 5.37. The summed E-state index contributed by atoms with van der Waals surface area (Å²) in [6.45, 7) is 10.1. The smallest absolute Gasteiger partial charge is 0.134 e. The van der Waals surface area contributed by atoms with E-state index in [1.165, 1.54) is 6.07 Å². The molecule has 0 atom stereocenters. The average Bonchev–Trinajstić information content (AvgIpc) is 2.72. The van der Waals surface area contributed by atoms with Crippen molar-refractivity contribution in [2.75, 3.05) is 26.7 Å². The summed E-state index contributed by atoms with van der Waals surface area (Å²) in [4.78, 5) is 2.22. The number of likely N-dealkylation sites (N-methyl/N-ethyl adjacent to an activating group) is 1. The van der Waals surface area contributed by atoms with Gasteiger partial charge in [-0.1, -0.05) is 13.8 Å². The van der Waals surface area contributed by atoms with Crippen LogP contribution in [0, 0.1) is 18.7 Å². The summed E-state index contributed by atoms with van der Waals surface area (Å²) in [6, 6.07) is 4.68. The van der Waals surface area contributed by atoms with Gasteiger partial charge in [-0.25, -0.2) is 4.39 Å². The predicted octanol–water partition coefficient (Wildman–Crippen LogP) is 3.56. The number of fused-ring (bicyclic) bond motifs is 1. The fraction of sp³-hybridized carbons (Fsp3) is 0.529.